The molecule has 4 fully saturated rings. The van der Waals surface area contributed by atoms with Gasteiger partial charge in [-0.3, -0.25) is 9.18 Å². The normalized spacial score (nSPS) is 31.5. The number of amides is 1. The summed E-state index contributed by atoms with van der Waals surface area (Å²) in [6, 6.07) is 1.92. The number of aromatic nitrogens is 4. The van der Waals surface area contributed by atoms with E-state index in [2.05, 4.69) is 15.5 Å². The van der Waals surface area contributed by atoms with E-state index in [1.54, 1.807) is 60.1 Å². The van der Waals surface area contributed by atoms with Crippen LogP contribution in [-0.2, 0) is 0 Å². The molecule has 0 saturated heterocycles. The Hall–Kier alpha value is -2.48. The molecule has 4 saturated carbocycles. The molecule has 4 aliphatic carbocycles. The first-order chi connectivity index (χ1) is 15.3. The zero-order valence-electron chi connectivity index (χ0n) is 18.7. The first kappa shape index (κ1) is 21.4. The number of carbonyl (C=O) groups is 1. The summed E-state index contributed by atoms with van der Waals surface area (Å²) in [6.45, 7) is 3.38. The van der Waals surface area contributed by atoms with E-state index in [-0.39, 0.29) is 24.0 Å². The minimum Gasteiger partial charge on any atom is -0.396 e. The van der Waals surface area contributed by atoms with E-state index in [0.29, 0.717) is 29.1 Å². The summed E-state index contributed by atoms with van der Waals surface area (Å²) >= 11 is 0. The minimum absolute atomic E-state index is 0.0663. The van der Waals surface area contributed by atoms with Gasteiger partial charge in [0.05, 0.1) is 12.9 Å². The van der Waals surface area contributed by atoms with Gasteiger partial charge in [-0.1, -0.05) is 19.9 Å². The molecule has 2 atom stereocenters. The second-order valence-electron chi connectivity index (χ2n) is 10.8. The van der Waals surface area contributed by atoms with Crippen molar-refractivity contribution < 1.29 is 14.3 Å². The van der Waals surface area contributed by atoms with E-state index in [0.717, 1.165) is 32.1 Å². The molecule has 1 amide bonds. The number of hydrogen-bond acceptors (Lipinski definition) is 4. The fourth-order valence-electron chi connectivity index (χ4n) is 6.42. The van der Waals surface area contributed by atoms with Crippen LogP contribution in [0.2, 0.25) is 0 Å². The Morgan fingerprint density at radius 1 is 1.31 bits per heavy atom. The molecular weight excluding hydrogens is 409 g/mol. The highest BCUT2D eigenvalue weighted by atomic mass is 19.1. The molecule has 2 aromatic rings. The smallest absolute Gasteiger partial charge is 0.257 e. The van der Waals surface area contributed by atoms with Gasteiger partial charge in [-0.05, 0) is 61.3 Å². The highest BCUT2D eigenvalue weighted by Gasteiger charge is 2.55. The van der Waals surface area contributed by atoms with Gasteiger partial charge in [0.2, 0.25) is 0 Å². The maximum atomic E-state index is 13.4. The Morgan fingerprint density at radius 2 is 2.06 bits per heavy atom. The summed E-state index contributed by atoms with van der Waals surface area (Å²) in [5.41, 5.74) is -0.113. The second kappa shape index (κ2) is 7.83. The van der Waals surface area contributed by atoms with Crippen LogP contribution in [0.3, 0.4) is 0 Å². The van der Waals surface area contributed by atoms with Gasteiger partial charge >= 0.3 is 0 Å². The molecule has 8 heteroatoms. The Kier molecular flexibility index (Phi) is 5.23. The molecule has 6 rings (SSSR count). The molecule has 0 radical (unpaired) electrons. The maximum absolute atomic E-state index is 13.4. The predicted octanol–water partition coefficient (Wildman–Crippen LogP) is 3.45. The summed E-state index contributed by atoms with van der Waals surface area (Å²) in [6.07, 6.45) is 13.8. The summed E-state index contributed by atoms with van der Waals surface area (Å²) < 4.78 is 16.5. The number of allylic oxidation sites excluding steroid dienone is 1. The molecule has 4 bridgehead atoms. The van der Waals surface area contributed by atoms with Crippen molar-refractivity contribution in [2.75, 3.05) is 13.3 Å². The molecule has 0 aliphatic heterocycles. The largest absolute Gasteiger partial charge is 0.396 e. The summed E-state index contributed by atoms with van der Waals surface area (Å²) in [7, 11) is 0. The second-order valence-corrected chi connectivity index (χ2v) is 10.8. The van der Waals surface area contributed by atoms with Gasteiger partial charge in [0.15, 0.2) is 5.82 Å². The number of rotatable bonds is 7. The van der Waals surface area contributed by atoms with E-state index in [4.69, 9.17) is 0 Å². The lowest BCUT2D eigenvalue weighted by atomic mass is 9.48. The molecule has 0 spiro atoms. The van der Waals surface area contributed by atoms with Crippen molar-refractivity contribution >= 4 is 12.1 Å². The molecule has 2 N–H and O–H groups in total. The molecule has 172 valence electrons. The fraction of sp³-hybridized carbons (Fsp3) is 0.625. The van der Waals surface area contributed by atoms with E-state index < -0.39 is 12.1 Å². The lowest BCUT2D eigenvalue weighted by Gasteiger charge is -2.59. The van der Waals surface area contributed by atoms with Gasteiger partial charge in [0.1, 0.15) is 5.56 Å². The van der Waals surface area contributed by atoms with Crippen molar-refractivity contribution in [3.63, 3.8) is 0 Å². The van der Waals surface area contributed by atoms with Crippen molar-refractivity contribution in [3.8, 4) is 5.82 Å². The first-order valence-corrected chi connectivity index (χ1v) is 11.6. The molecule has 4 aliphatic rings. The van der Waals surface area contributed by atoms with Gasteiger partial charge in [-0.15, -0.1) is 0 Å². The van der Waals surface area contributed by atoms with Crippen LogP contribution >= 0.6 is 0 Å². The predicted molar refractivity (Wildman–Crippen MR) is 119 cm³/mol. The average molecular weight is 442 g/mol. The van der Waals surface area contributed by atoms with Crippen molar-refractivity contribution in [3.05, 3.63) is 36.3 Å². The van der Waals surface area contributed by atoms with Crippen molar-refractivity contribution in [1.82, 2.24) is 24.9 Å². The zero-order chi connectivity index (χ0) is 22.5. The number of nitrogens with zero attached hydrogens (tertiary/aromatic N) is 4. The van der Waals surface area contributed by atoms with Crippen LogP contribution in [-0.4, -0.2) is 49.9 Å². The van der Waals surface area contributed by atoms with Gasteiger partial charge in [-0.25, -0.2) is 9.36 Å². The number of hydrogen-bond donors (Lipinski definition) is 2. The van der Waals surface area contributed by atoms with E-state index >= 15 is 0 Å². The van der Waals surface area contributed by atoms with Gasteiger partial charge in [-0.2, -0.15) is 10.2 Å². The Labute approximate surface area is 187 Å². The third kappa shape index (κ3) is 3.68. The number of aliphatic hydroxyl groups is 1. The van der Waals surface area contributed by atoms with Gasteiger partial charge in [0.25, 0.3) is 5.91 Å². The van der Waals surface area contributed by atoms with Crippen molar-refractivity contribution in [2.45, 2.75) is 52.0 Å². The monoisotopic (exact) mass is 441 g/mol. The van der Waals surface area contributed by atoms with Crippen LogP contribution < -0.4 is 5.32 Å². The molecule has 32 heavy (non-hydrogen) atoms. The highest BCUT2D eigenvalue weighted by Crippen LogP contribution is 2.59. The molecule has 2 heterocycles. The molecule has 0 aromatic carbocycles. The molecule has 2 unspecified atom stereocenters. The van der Waals surface area contributed by atoms with Crippen LogP contribution in [0.5, 0.6) is 0 Å². The molecule has 2 aromatic heterocycles. The highest BCUT2D eigenvalue weighted by molar-refractivity contribution is 5.97. The van der Waals surface area contributed by atoms with Crippen molar-refractivity contribution in [2.24, 2.45) is 28.6 Å². The topological polar surface area (TPSA) is 85.0 Å². The van der Waals surface area contributed by atoms with Crippen LogP contribution in [0.25, 0.3) is 12.0 Å². The number of aliphatic hydroxyl groups excluding tert-OH is 1. The first-order valence-electron chi connectivity index (χ1n) is 11.6. The third-order valence-electron chi connectivity index (χ3n) is 7.78. The summed E-state index contributed by atoms with van der Waals surface area (Å²) in [5.74, 6) is 1.90. The number of nitrogens with one attached hydrogen (secondary N) is 1. The van der Waals surface area contributed by atoms with E-state index in [9.17, 15) is 14.3 Å². The third-order valence-corrected chi connectivity index (χ3v) is 7.78. The molecular formula is C24H32FN5O2. The number of carbonyl (C=O) groups excluding carboxylic acids is 1. The minimum atomic E-state index is -0.626. The van der Waals surface area contributed by atoms with E-state index in [1.165, 1.54) is 0 Å². The lowest BCUT2D eigenvalue weighted by molar-refractivity contribution is -0.0969. The SMILES string of the molecule is CC(C)(/C=C/n1ncc(C(=O)NC2C3CC4CC2CC(CO)(C4)C3)c1-n1cccn1)CF. The summed E-state index contributed by atoms with van der Waals surface area (Å²) in [4.78, 5) is 13.4. The molecule has 7 nitrogen and oxygen atoms in total. The van der Waals surface area contributed by atoms with Crippen LogP contribution in [0.15, 0.2) is 30.7 Å². The maximum Gasteiger partial charge on any atom is 0.257 e. The fourth-order valence-corrected chi connectivity index (χ4v) is 6.42. The van der Waals surface area contributed by atoms with Crippen LogP contribution in [0.1, 0.15) is 56.3 Å². The Bertz CT molecular complexity index is 996. The summed E-state index contributed by atoms with van der Waals surface area (Å²) in [5, 5.41) is 22.0. The number of halogens is 1. The Balaban J connectivity index is 1.41. The standard InChI is InChI=1S/C24H32FN5O2/c1-23(2,14-25)4-7-30-22(29-6-3-5-26-29)19(13-27-30)21(32)28-20-17-8-16-9-18(20)12-24(10-16,11-17)15-31/h3-7,13,16-18,20,31H,8-12,14-15H2,1-2H3,(H,28,32)/b7-4+. The van der Waals surface area contributed by atoms with Crippen LogP contribution in [0, 0.1) is 28.6 Å². The Morgan fingerprint density at radius 3 is 2.69 bits per heavy atom. The quantitative estimate of drug-likeness (QED) is 0.689. The van der Waals surface area contributed by atoms with Crippen molar-refractivity contribution in [1.29, 1.82) is 0 Å². The number of alkyl halides is 1. The lowest BCUT2D eigenvalue weighted by Crippen LogP contribution is -2.60. The van der Waals surface area contributed by atoms with Gasteiger partial charge < -0.3 is 10.4 Å². The average Bonchev–Trinajstić information content (AvgIpc) is 3.44. The zero-order valence-corrected chi connectivity index (χ0v) is 18.7. The van der Waals surface area contributed by atoms with E-state index in [1.807, 2.05) is 0 Å². The van der Waals surface area contributed by atoms with Crippen LogP contribution in [0.4, 0.5) is 4.39 Å². The van der Waals surface area contributed by atoms with Gasteiger partial charge in [0, 0.05) is 36.7 Å².